The van der Waals surface area contributed by atoms with Crippen LogP contribution in [0.5, 0.6) is 5.75 Å². The first kappa shape index (κ1) is 16.2. The molecule has 0 aromatic heterocycles. The fourth-order valence-corrected chi connectivity index (χ4v) is 4.16. The first-order valence-corrected chi connectivity index (χ1v) is 8.35. The zero-order valence-electron chi connectivity index (χ0n) is 12.4. The van der Waals surface area contributed by atoms with Gasteiger partial charge >= 0.3 is 0 Å². The van der Waals surface area contributed by atoms with Gasteiger partial charge in [0.25, 0.3) is 10.2 Å². The molecule has 118 valence electrons. The summed E-state index contributed by atoms with van der Waals surface area (Å²) in [5.74, 6) is 0.702. The molecule has 1 unspecified atom stereocenters. The number of rotatable bonds is 6. The van der Waals surface area contributed by atoms with Gasteiger partial charge in [-0.1, -0.05) is 12.1 Å². The van der Waals surface area contributed by atoms with Crippen LogP contribution in [0.25, 0.3) is 0 Å². The van der Waals surface area contributed by atoms with E-state index in [0.717, 1.165) is 12.0 Å². The Morgan fingerprint density at radius 1 is 1.48 bits per heavy atom. The van der Waals surface area contributed by atoms with E-state index in [1.54, 1.807) is 14.2 Å². The highest BCUT2D eigenvalue weighted by Crippen LogP contribution is 2.23. The summed E-state index contributed by atoms with van der Waals surface area (Å²) in [5, 5.41) is 9.30. The molecule has 0 aliphatic carbocycles. The molecule has 2 rings (SSSR count). The molecule has 1 aromatic rings. The zero-order chi connectivity index (χ0) is 15.5. The second-order valence-electron chi connectivity index (χ2n) is 5.20. The molecule has 1 saturated heterocycles. The third-order valence-corrected chi connectivity index (χ3v) is 5.75. The molecular weight excluding hydrogens is 292 g/mol. The third-order valence-electron chi connectivity index (χ3n) is 3.76. The van der Waals surface area contributed by atoms with Gasteiger partial charge < -0.3 is 9.84 Å². The van der Waals surface area contributed by atoms with Crippen LogP contribution in [-0.4, -0.2) is 55.5 Å². The number of hydrogen-bond acceptors (Lipinski definition) is 4. The molecule has 0 saturated carbocycles. The van der Waals surface area contributed by atoms with Crippen molar-refractivity contribution in [3.63, 3.8) is 0 Å². The van der Waals surface area contributed by atoms with E-state index in [2.05, 4.69) is 0 Å². The largest absolute Gasteiger partial charge is 0.497 e. The Hall–Kier alpha value is -1.15. The molecule has 1 fully saturated rings. The van der Waals surface area contributed by atoms with Crippen LogP contribution in [-0.2, 0) is 16.8 Å². The van der Waals surface area contributed by atoms with Gasteiger partial charge in [0.15, 0.2) is 0 Å². The van der Waals surface area contributed by atoms with E-state index in [-0.39, 0.29) is 19.2 Å². The van der Waals surface area contributed by atoms with Crippen molar-refractivity contribution >= 4 is 10.2 Å². The van der Waals surface area contributed by atoms with Crippen LogP contribution in [0.2, 0.25) is 0 Å². The lowest BCUT2D eigenvalue weighted by atomic mass is 10.2. The molecule has 1 heterocycles. The quantitative estimate of drug-likeness (QED) is 0.844. The molecule has 1 aliphatic rings. The lowest BCUT2D eigenvalue weighted by molar-refractivity contribution is 0.207. The predicted molar refractivity (Wildman–Crippen MR) is 80.2 cm³/mol. The molecule has 1 aromatic carbocycles. The van der Waals surface area contributed by atoms with Crippen LogP contribution >= 0.6 is 0 Å². The average molecular weight is 314 g/mol. The Balaban J connectivity index is 2.12. The second-order valence-corrected chi connectivity index (χ2v) is 7.19. The number of benzene rings is 1. The highest BCUT2D eigenvalue weighted by Gasteiger charge is 2.36. The Labute approximate surface area is 126 Å². The van der Waals surface area contributed by atoms with E-state index in [1.165, 1.54) is 8.61 Å². The number of nitrogens with zero attached hydrogens (tertiary/aromatic N) is 2. The number of aliphatic hydroxyl groups is 1. The summed E-state index contributed by atoms with van der Waals surface area (Å²) in [6.45, 7) is 0.608. The van der Waals surface area contributed by atoms with E-state index >= 15 is 0 Å². The van der Waals surface area contributed by atoms with Crippen LogP contribution in [0, 0.1) is 0 Å². The maximum Gasteiger partial charge on any atom is 0.282 e. The van der Waals surface area contributed by atoms with Gasteiger partial charge in [-0.05, 0) is 30.5 Å². The van der Waals surface area contributed by atoms with Gasteiger partial charge in [-0.25, -0.2) is 0 Å². The summed E-state index contributed by atoms with van der Waals surface area (Å²) in [4.78, 5) is 0. The van der Waals surface area contributed by atoms with Crippen molar-refractivity contribution in [2.24, 2.45) is 0 Å². The van der Waals surface area contributed by atoms with E-state index in [9.17, 15) is 13.5 Å². The van der Waals surface area contributed by atoms with Crippen molar-refractivity contribution < 1.29 is 18.3 Å². The van der Waals surface area contributed by atoms with E-state index in [0.29, 0.717) is 18.7 Å². The second kappa shape index (κ2) is 6.74. The lowest BCUT2D eigenvalue weighted by Gasteiger charge is -2.28. The highest BCUT2D eigenvalue weighted by molar-refractivity contribution is 7.86. The maximum atomic E-state index is 12.6. The Kier molecular flexibility index (Phi) is 5.21. The third kappa shape index (κ3) is 3.55. The molecule has 1 atom stereocenters. The summed E-state index contributed by atoms with van der Waals surface area (Å²) >= 11 is 0. The fourth-order valence-electron chi connectivity index (χ4n) is 2.58. The van der Waals surface area contributed by atoms with Gasteiger partial charge in [-0.2, -0.15) is 17.0 Å². The summed E-state index contributed by atoms with van der Waals surface area (Å²) in [5.41, 5.74) is 0.861. The van der Waals surface area contributed by atoms with Gasteiger partial charge in [-0.3, -0.25) is 0 Å². The van der Waals surface area contributed by atoms with Crippen molar-refractivity contribution in [1.82, 2.24) is 8.61 Å². The zero-order valence-corrected chi connectivity index (χ0v) is 13.2. The van der Waals surface area contributed by atoms with Crippen LogP contribution in [0.3, 0.4) is 0 Å². The lowest BCUT2D eigenvalue weighted by Crippen LogP contribution is -2.45. The monoisotopic (exact) mass is 314 g/mol. The molecule has 1 aliphatic heterocycles. The average Bonchev–Trinajstić information content (AvgIpc) is 2.96. The van der Waals surface area contributed by atoms with Crippen molar-refractivity contribution in [2.45, 2.75) is 25.4 Å². The minimum atomic E-state index is -3.55. The number of hydrogen-bond donors (Lipinski definition) is 1. The molecule has 1 N–H and O–H groups in total. The predicted octanol–water partition coefficient (Wildman–Crippen LogP) is 0.829. The van der Waals surface area contributed by atoms with Crippen LogP contribution in [0.4, 0.5) is 0 Å². The Morgan fingerprint density at radius 3 is 2.90 bits per heavy atom. The molecule has 21 heavy (non-hydrogen) atoms. The normalized spacial score (nSPS) is 20.1. The number of ether oxygens (including phenoxy) is 1. The number of aliphatic hydroxyl groups excluding tert-OH is 1. The Bertz CT molecular complexity index is 576. The summed E-state index contributed by atoms with van der Waals surface area (Å²) in [6, 6.07) is 7.03. The van der Waals surface area contributed by atoms with Crippen LogP contribution in [0.1, 0.15) is 18.4 Å². The fraction of sp³-hybridized carbons (Fsp3) is 0.571. The van der Waals surface area contributed by atoms with E-state index in [1.807, 2.05) is 24.3 Å². The van der Waals surface area contributed by atoms with Crippen molar-refractivity contribution in [3.8, 4) is 5.75 Å². The Morgan fingerprint density at radius 2 is 2.24 bits per heavy atom. The molecule has 7 heteroatoms. The van der Waals surface area contributed by atoms with Crippen molar-refractivity contribution in [2.75, 3.05) is 27.3 Å². The maximum absolute atomic E-state index is 12.6. The highest BCUT2D eigenvalue weighted by atomic mass is 32.2. The van der Waals surface area contributed by atoms with Gasteiger partial charge in [0, 0.05) is 26.2 Å². The van der Waals surface area contributed by atoms with Gasteiger partial charge in [0.05, 0.1) is 13.7 Å². The minimum absolute atomic E-state index is 0.133. The topological polar surface area (TPSA) is 70.1 Å². The van der Waals surface area contributed by atoms with Gasteiger partial charge in [0.1, 0.15) is 5.75 Å². The first-order chi connectivity index (χ1) is 9.98. The molecule has 0 bridgehead atoms. The SMILES string of the molecule is COc1cccc(CN(C)S(=O)(=O)N2CCCC2CO)c1. The molecule has 0 spiro atoms. The van der Waals surface area contributed by atoms with Crippen LogP contribution < -0.4 is 4.74 Å². The molecule has 0 amide bonds. The minimum Gasteiger partial charge on any atom is -0.497 e. The van der Waals surface area contributed by atoms with Gasteiger partial charge in [0.2, 0.25) is 0 Å². The standard InChI is InChI=1S/C14H22N2O4S/c1-15(10-12-5-3-7-14(9-12)20-2)21(18,19)16-8-4-6-13(16)11-17/h3,5,7,9,13,17H,4,6,8,10-11H2,1-2H3. The van der Waals surface area contributed by atoms with Gasteiger partial charge in [-0.15, -0.1) is 0 Å². The summed E-state index contributed by atoms with van der Waals surface area (Å²) < 4.78 is 33.0. The van der Waals surface area contributed by atoms with Crippen molar-refractivity contribution in [3.05, 3.63) is 29.8 Å². The molecule has 6 nitrogen and oxygen atoms in total. The van der Waals surface area contributed by atoms with E-state index in [4.69, 9.17) is 4.74 Å². The van der Waals surface area contributed by atoms with Crippen LogP contribution in [0.15, 0.2) is 24.3 Å². The molecular formula is C14H22N2O4S. The summed E-state index contributed by atoms with van der Waals surface area (Å²) in [7, 11) is -0.416. The smallest absolute Gasteiger partial charge is 0.282 e. The molecule has 0 radical (unpaired) electrons. The van der Waals surface area contributed by atoms with Crippen molar-refractivity contribution in [1.29, 1.82) is 0 Å². The summed E-state index contributed by atoms with van der Waals surface area (Å²) in [6.07, 6.45) is 1.50. The number of methoxy groups -OCH3 is 1. The van der Waals surface area contributed by atoms with E-state index < -0.39 is 10.2 Å². The first-order valence-electron chi connectivity index (χ1n) is 6.96.